The van der Waals surface area contributed by atoms with Gasteiger partial charge in [0.15, 0.2) is 5.96 Å². The molecule has 3 N–H and O–H groups in total. The van der Waals surface area contributed by atoms with Crippen molar-refractivity contribution in [2.45, 2.75) is 11.1 Å². The number of guanidine groups is 1. The van der Waals surface area contributed by atoms with Crippen molar-refractivity contribution >= 4 is 33.0 Å². The SMILES string of the molecule is Cc1ccc(S(=O)(=O)NCCN=C(N)N2CCN(c3ccc(F)cc3)CC2)s1. The van der Waals surface area contributed by atoms with Crippen molar-refractivity contribution in [3.63, 3.8) is 0 Å². The molecule has 1 saturated heterocycles. The van der Waals surface area contributed by atoms with Gasteiger partial charge in [0.05, 0.1) is 6.54 Å². The monoisotopic (exact) mass is 425 g/mol. The minimum Gasteiger partial charge on any atom is -0.370 e. The number of nitrogens with zero attached hydrogens (tertiary/aromatic N) is 3. The molecule has 10 heteroatoms. The molecule has 2 heterocycles. The topological polar surface area (TPSA) is 91.0 Å². The third kappa shape index (κ3) is 5.21. The highest BCUT2D eigenvalue weighted by atomic mass is 32.2. The van der Waals surface area contributed by atoms with Gasteiger partial charge in [-0.25, -0.2) is 17.5 Å². The molecule has 1 aliphatic heterocycles. The van der Waals surface area contributed by atoms with E-state index in [0.29, 0.717) is 23.3 Å². The number of nitrogens with one attached hydrogen (secondary N) is 1. The molecule has 1 aromatic carbocycles. The highest BCUT2D eigenvalue weighted by Crippen LogP contribution is 2.20. The van der Waals surface area contributed by atoms with Gasteiger partial charge in [-0.3, -0.25) is 4.99 Å². The molecule has 7 nitrogen and oxygen atoms in total. The molecule has 1 aromatic heterocycles. The van der Waals surface area contributed by atoms with Crippen molar-refractivity contribution in [1.29, 1.82) is 0 Å². The number of aliphatic imine (C=N–C) groups is 1. The number of hydrogen-bond acceptors (Lipinski definition) is 5. The number of rotatable bonds is 6. The fraction of sp³-hybridized carbons (Fsp3) is 0.389. The van der Waals surface area contributed by atoms with E-state index in [9.17, 15) is 12.8 Å². The van der Waals surface area contributed by atoms with E-state index in [0.717, 1.165) is 23.7 Å². The molecule has 0 aliphatic carbocycles. The Morgan fingerprint density at radius 2 is 1.86 bits per heavy atom. The first-order valence-corrected chi connectivity index (χ1v) is 11.3. The Labute approximate surface area is 168 Å². The number of anilines is 1. The van der Waals surface area contributed by atoms with E-state index in [1.165, 1.54) is 23.5 Å². The van der Waals surface area contributed by atoms with Gasteiger partial charge in [-0.05, 0) is 43.3 Å². The van der Waals surface area contributed by atoms with Crippen LogP contribution in [0.3, 0.4) is 0 Å². The summed E-state index contributed by atoms with van der Waals surface area (Å²) in [5.74, 6) is 0.161. The zero-order valence-electron chi connectivity index (χ0n) is 15.6. The second-order valence-corrected chi connectivity index (χ2v) is 9.73. The number of piperazine rings is 1. The Bertz CT molecular complexity index is 920. The Balaban J connectivity index is 1.45. The van der Waals surface area contributed by atoms with Gasteiger partial charge in [-0.2, -0.15) is 0 Å². The number of thiophene rings is 1. The van der Waals surface area contributed by atoms with Crippen LogP contribution in [0.1, 0.15) is 4.88 Å². The average molecular weight is 426 g/mol. The molecule has 0 spiro atoms. The van der Waals surface area contributed by atoms with Crippen molar-refractivity contribution in [1.82, 2.24) is 9.62 Å². The molecule has 152 valence electrons. The van der Waals surface area contributed by atoms with E-state index in [-0.39, 0.29) is 18.9 Å². The fourth-order valence-electron chi connectivity index (χ4n) is 2.92. The van der Waals surface area contributed by atoms with Crippen molar-refractivity contribution in [2.24, 2.45) is 10.7 Å². The molecular formula is C18H24FN5O2S2. The third-order valence-electron chi connectivity index (χ3n) is 4.45. The number of hydrogen-bond donors (Lipinski definition) is 2. The van der Waals surface area contributed by atoms with E-state index in [2.05, 4.69) is 14.6 Å². The lowest BCUT2D eigenvalue weighted by molar-refractivity contribution is 0.381. The molecule has 1 aliphatic rings. The smallest absolute Gasteiger partial charge is 0.250 e. The summed E-state index contributed by atoms with van der Waals surface area (Å²) >= 11 is 1.24. The molecule has 0 radical (unpaired) electrons. The second-order valence-electron chi connectivity index (χ2n) is 6.45. The maximum absolute atomic E-state index is 13.0. The lowest BCUT2D eigenvalue weighted by Gasteiger charge is -2.36. The van der Waals surface area contributed by atoms with E-state index in [1.807, 2.05) is 11.8 Å². The highest BCUT2D eigenvalue weighted by Gasteiger charge is 2.19. The van der Waals surface area contributed by atoms with E-state index < -0.39 is 10.0 Å². The van der Waals surface area contributed by atoms with Gasteiger partial charge < -0.3 is 15.5 Å². The van der Waals surface area contributed by atoms with Crippen molar-refractivity contribution in [3.8, 4) is 0 Å². The Morgan fingerprint density at radius 3 is 2.46 bits per heavy atom. The predicted octanol–water partition coefficient (Wildman–Crippen LogP) is 1.61. The second kappa shape index (κ2) is 8.89. The molecule has 0 atom stereocenters. The molecule has 2 aromatic rings. The zero-order valence-corrected chi connectivity index (χ0v) is 17.3. The zero-order chi connectivity index (χ0) is 20.1. The van der Waals surface area contributed by atoms with E-state index >= 15 is 0 Å². The first-order chi connectivity index (χ1) is 13.3. The van der Waals surface area contributed by atoms with Crippen LogP contribution in [-0.2, 0) is 10.0 Å². The van der Waals surface area contributed by atoms with E-state index in [1.54, 1.807) is 24.3 Å². The minimum atomic E-state index is -3.49. The van der Waals surface area contributed by atoms with Gasteiger partial charge in [0.25, 0.3) is 0 Å². The molecule has 0 saturated carbocycles. The number of sulfonamides is 1. The van der Waals surface area contributed by atoms with Crippen LogP contribution in [0, 0.1) is 12.7 Å². The van der Waals surface area contributed by atoms with Crippen LogP contribution in [0.4, 0.5) is 10.1 Å². The van der Waals surface area contributed by atoms with Crippen LogP contribution in [0.5, 0.6) is 0 Å². The molecule has 0 unspecified atom stereocenters. The molecule has 1 fully saturated rings. The summed E-state index contributed by atoms with van der Waals surface area (Å²) in [6.45, 7) is 5.24. The van der Waals surface area contributed by atoms with Gasteiger partial charge in [-0.15, -0.1) is 11.3 Å². The van der Waals surface area contributed by atoms with Crippen LogP contribution >= 0.6 is 11.3 Å². The van der Waals surface area contributed by atoms with Crippen molar-refractivity contribution in [3.05, 3.63) is 47.1 Å². The Hall–Kier alpha value is -2.17. The number of benzene rings is 1. The lowest BCUT2D eigenvalue weighted by Crippen LogP contribution is -2.51. The summed E-state index contributed by atoms with van der Waals surface area (Å²) in [7, 11) is -3.49. The van der Waals surface area contributed by atoms with Crippen LogP contribution in [0.2, 0.25) is 0 Å². The number of nitrogens with two attached hydrogens (primary N) is 1. The summed E-state index contributed by atoms with van der Waals surface area (Å²) in [6.07, 6.45) is 0. The predicted molar refractivity (Wildman–Crippen MR) is 111 cm³/mol. The van der Waals surface area contributed by atoms with Crippen LogP contribution < -0.4 is 15.4 Å². The first kappa shape index (κ1) is 20.6. The third-order valence-corrected chi connectivity index (χ3v) is 7.41. The summed E-state index contributed by atoms with van der Waals surface area (Å²) in [4.78, 5) is 9.37. The summed E-state index contributed by atoms with van der Waals surface area (Å²) < 4.78 is 40.2. The van der Waals surface area contributed by atoms with Crippen molar-refractivity contribution in [2.75, 3.05) is 44.2 Å². The van der Waals surface area contributed by atoms with Gasteiger partial charge in [-0.1, -0.05) is 0 Å². The van der Waals surface area contributed by atoms with E-state index in [4.69, 9.17) is 5.73 Å². The van der Waals surface area contributed by atoms with Gasteiger partial charge in [0.2, 0.25) is 10.0 Å². The van der Waals surface area contributed by atoms with Gasteiger partial charge >= 0.3 is 0 Å². The molecule has 0 bridgehead atoms. The quantitative estimate of drug-likeness (QED) is 0.417. The highest BCUT2D eigenvalue weighted by molar-refractivity contribution is 7.91. The van der Waals surface area contributed by atoms with Crippen LogP contribution in [-0.4, -0.2) is 58.5 Å². The maximum Gasteiger partial charge on any atom is 0.250 e. The van der Waals surface area contributed by atoms with Crippen LogP contribution in [0.15, 0.2) is 45.6 Å². The van der Waals surface area contributed by atoms with Crippen LogP contribution in [0.25, 0.3) is 0 Å². The number of aryl methyl sites for hydroxylation is 1. The largest absolute Gasteiger partial charge is 0.370 e. The molecular weight excluding hydrogens is 401 g/mol. The average Bonchev–Trinajstić information content (AvgIpc) is 3.13. The fourth-order valence-corrected chi connectivity index (χ4v) is 5.27. The minimum absolute atomic E-state index is 0.190. The molecule has 0 amide bonds. The number of halogens is 1. The van der Waals surface area contributed by atoms with Gasteiger partial charge in [0.1, 0.15) is 10.0 Å². The normalized spacial score (nSPS) is 15.9. The molecule has 28 heavy (non-hydrogen) atoms. The standard InChI is InChI=1S/C18H24FN5O2S2/c1-14-2-7-17(27-14)28(25,26)22-9-8-21-18(20)24-12-10-23(11-13-24)16-5-3-15(19)4-6-16/h2-7,22H,8-13H2,1H3,(H2,20,21). The van der Waals surface area contributed by atoms with Gasteiger partial charge in [0, 0.05) is 43.3 Å². The lowest BCUT2D eigenvalue weighted by atomic mass is 10.2. The maximum atomic E-state index is 13.0. The Kier molecular flexibility index (Phi) is 6.53. The van der Waals surface area contributed by atoms with Crippen molar-refractivity contribution < 1.29 is 12.8 Å². The summed E-state index contributed by atoms with van der Waals surface area (Å²) in [5, 5.41) is 0. The first-order valence-electron chi connectivity index (χ1n) is 8.97. The Morgan fingerprint density at radius 1 is 1.18 bits per heavy atom. The summed E-state index contributed by atoms with van der Waals surface area (Å²) in [5.41, 5.74) is 7.03. The molecule has 3 rings (SSSR count). The summed E-state index contributed by atoms with van der Waals surface area (Å²) in [6, 6.07) is 9.82.